The largest absolute Gasteiger partial charge is 0.330 e. The van der Waals surface area contributed by atoms with Crippen LogP contribution in [-0.2, 0) is 20.4 Å². The summed E-state index contributed by atoms with van der Waals surface area (Å²) in [5.74, 6) is 0.278. The predicted molar refractivity (Wildman–Crippen MR) is 104 cm³/mol. The highest BCUT2D eigenvalue weighted by atomic mass is 32.2. The van der Waals surface area contributed by atoms with Crippen LogP contribution in [0.5, 0.6) is 0 Å². The molecule has 0 spiro atoms. The molecule has 144 valence electrons. The lowest BCUT2D eigenvalue weighted by Gasteiger charge is -2.22. The van der Waals surface area contributed by atoms with Crippen LogP contribution < -0.4 is 11.1 Å². The number of sulfone groups is 1. The van der Waals surface area contributed by atoms with E-state index in [9.17, 15) is 13.2 Å². The van der Waals surface area contributed by atoms with Gasteiger partial charge in [0, 0.05) is 11.6 Å². The molecule has 2 aliphatic carbocycles. The van der Waals surface area contributed by atoms with Crippen molar-refractivity contribution in [3.63, 3.8) is 0 Å². The van der Waals surface area contributed by atoms with E-state index < -0.39 is 9.84 Å². The molecule has 0 saturated heterocycles. The highest BCUT2D eigenvalue weighted by Crippen LogP contribution is 2.32. The van der Waals surface area contributed by atoms with Crippen LogP contribution in [0.1, 0.15) is 56.9 Å². The summed E-state index contributed by atoms with van der Waals surface area (Å²) in [4.78, 5) is 12.5. The summed E-state index contributed by atoms with van der Waals surface area (Å²) in [5, 5.41) is 2.75. The third-order valence-corrected chi connectivity index (χ3v) is 8.14. The van der Waals surface area contributed by atoms with E-state index in [1.807, 2.05) is 18.2 Å². The molecular weight excluding hydrogens is 348 g/mol. The number of hydrogen-bond acceptors (Lipinski definition) is 4. The Hall–Kier alpha value is -1.40. The van der Waals surface area contributed by atoms with Gasteiger partial charge in [-0.3, -0.25) is 4.79 Å². The lowest BCUT2D eigenvalue weighted by atomic mass is 9.95. The molecule has 3 N–H and O–H groups in total. The van der Waals surface area contributed by atoms with E-state index in [0.29, 0.717) is 12.2 Å². The number of nitrogens with one attached hydrogen (secondary N) is 1. The smallest absolute Gasteiger partial charge is 0.227 e. The van der Waals surface area contributed by atoms with Crippen molar-refractivity contribution in [3.05, 3.63) is 29.8 Å². The van der Waals surface area contributed by atoms with Gasteiger partial charge in [0.25, 0.3) is 0 Å². The van der Waals surface area contributed by atoms with Gasteiger partial charge < -0.3 is 11.1 Å². The first-order valence-corrected chi connectivity index (χ1v) is 11.5. The van der Waals surface area contributed by atoms with Crippen LogP contribution in [0.25, 0.3) is 0 Å². The van der Waals surface area contributed by atoms with E-state index >= 15 is 0 Å². The second kappa shape index (κ2) is 8.53. The quantitative estimate of drug-likeness (QED) is 0.795. The van der Waals surface area contributed by atoms with Crippen LogP contribution in [0, 0.1) is 11.8 Å². The number of carbonyl (C=O) groups excluding carboxylic acids is 1. The molecule has 2 aliphatic rings. The molecule has 0 heterocycles. The first-order valence-electron chi connectivity index (χ1n) is 9.81. The van der Waals surface area contributed by atoms with E-state index in [1.165, 1.54) is 0 Å². The van der Waals surface area contributed by atoms with Gasteiger partial charge in [-0.15, -0.1) is 0 Å². The molecule has 0 radical (unpaired) electrons. The fourth-order valence-corrected chi connectivity index (χ4v) is 6.34. The van der Waals surface area contributed by atoms with Crippen LogP contribution >= 0.6 is 0 Å². The monoisotopic (exact) mass is 378 g/mol. The molecule has 1 amide bonds. The molecule has 1 aromatic rings. The number of benzene rings is 1. The van der Waals surface area contributed by atoms with Crippen molar-refractivity contribution >= 4 is 21.4 Å². The van der Waals surface area contributed by atoms with Crippen molar-refractivity contribution in [2.24, 2.45) is 17.6 Å². The molecule has 5 nitrogen and oxygen atoms in total. The van der Waals surface area contributed by atoms with Gasteiger partial charge in [-0.25, -0.2) is 8.42 Å². The predicted octanol–water partition coefficient (Wildman–Crippen LogP) is 3.25. The molecule has 3 rings (SSSR count). The number of amides is 1. The van der Waals surface area contributed by atoms with Crippen molar-refractivity contribution in [2.75, 3.05) is 11.9 Å². The Kier molecular flexibility index (Phi) is 6.35. The maximum Gasteiger partial charge on any atom is 0.227 e. The number of nitrogens with two attached hydrogens (primary N) is 1. The standard InChI is InChI=1S/C20H30N2O3S/c21-13-16-7-5-11-19(16)20(23)22-17-8-4-6-15(12-17)14-26(24,25)18-9-2-1-3-10-18/h4,6,8,12,16,18-19H,1-3,5,7,9-11,13-14,21H2,(H,22,23)/t16-,19-/m1/s1. The highest BCUT2D eigenvalue weighted by molar-refractivity contribution is 7.91. The summed E-state index contributed by atoms with van der Waals surface area (Å²) >= 11 is 0. The first-order chi connectivity index (χ1) is 12.5. The third kappa shape index (κ3) is 4.65. The fourth-order valence-electron chi connectivity index (χ4n) is 4.41. The van der Waals surface area contributed by atoms with Crippen LogP contribution in [0.15, 0.2) is 24.3 Å². The number of carbonyl (C=O) groups is 1. The lowest BCUT2D eigenvalue weighted by molar-refractivity contribution is -0.120. The number of hydrogen-bond donors (Lipinski definition) is 2. The normalized spacial score (nSPS) is 24.5. The van der Waals surface area contributed by atoms with Gasteiger partial charge in [-0.1, -0.05) is 37.8 Å². The summed E-state index contributed by atoms with van der Waals surface area (Å²) in [7, 11) is -3.14. The van der Waals surface area contributed by atoms with E-state index in [1.54, 1.807) is 6.07 Å². The van der Waals surface area contributed by atoms with E-state index in [2.05, 4.69) is 5.32 Å². The van der Waals surface area contributed by atoms with Gasteiger partial charge in [-0.2, -0.15) is 0 Å². The van der Waals surface area contributed by atoms with Crippen LogP contribution in [-0.4, -0.2) is 26.1 Å². The van der Waals surface area contributed by atoms with Crippen molar-refractivity contribution < 1.29 is 13.2 Å². The van der Waals surface area contributed by atoms with Crippen LogP contribution in [0.4, 0.5) is 5.69 Å². The SMILES string of the molecule is NC[C@H]1CCC[C@H]1C(=O)Nc1cccc(CS(=O)(=O)C2CCCCC2)c1. The summed E-state index contributed by atoms with van der Waals surface area (Å²) in [6, 6.07) is 7.26. The summed E-state index contributed by atoms with van der Waals surface area (Å²) in [6.07, 6.45) is 7.63. The average Bonchev–Trinajstić information content (AvgIpc) is 3.11. The van der Waals surface area contributed by atoms with Gasteiger partial charge in [-0.05, 0) is 55.8 Å². The van der Waals surface area contributed by atoms with E-state index in [4.69, 9.17) is 5.73 Å². The zero-order chi connectivity index (χ0) is 18.6. The number of rotatable bonds is 6. The van der Waals surface area contributed by atoms with Gasteiger partial charge in [0.05, 0.1) is 11.0 Å². The van der Waals surface area contributed by atoms with Crippen molar-refractivity contribution in [1.29, 1.82) is 0 Å². The van der Waals surface area contributed by atoms with Crippen molar-refractivity contribution in [3.8, 4) is 0 Å². The number of anilines is 1. The Morgan fingerprint density at radius 3 is 2.58 bits per heavy atom. The molecule has 0 aliphatic heterocycles. The maximum atomic E-state index is 12.7. The third-order valence-electron chi connectivity index (χ3n) is 5.92. The zero-order valence-electron chi connectivity index (χ0n) is 15.3. The first kappa shape index (κ1) is 19.4. The molecule has 6 heteroatoms. The Morgan fingerprint density at radius 1 is 1.08 bits per heavy atom. The molecule has 2 atom stereocenters. The van der Waals surface area contributed by atoms with Gasteiger partial charge >= 0.3 is 0 Å². The summed E-state index contributed by atoms with van der Waals surface area (Å²) in [6.45, 7) is 0.539. The molecular formula is C20H30N2O3S. The second-order valence-electron chi connectivity index (χ2n) is 7.79. The lowest BCUT2D eigenvalue weighted by Crippen LogP contribution is -2.29. The van der Waals surface area contributed by atoms with Gasteiger partial charge in [0.15, 0.2) is 9.84 Å². The second-order valence-corrected chi connectivity index (χ2v) is 10.1. The average molecular weight is 379 g/mol. The molecule has 26 heavy (non-hydrogen) atoms. The van der Waals surface area contributed by atoms with Crippen LogP contribution in [0.2, 0.25) is 0 Å². The van der Waals surface area contributed by atoms with Gasteiger partial charge in [0.1, 0.15) is 0 Å². The Labute approximate surface area is 156 Å². The van der Waals surface area contributed by atoms with Crippen molar-refractivity contribution in [2.45, 2.75) is 62.4 Å². The molecule has 1 aromatic carbocycles. The molecule has 0 aromatic heterocycles. The summed E-state index contributed by atoms with van der Waals surface area (Å²) in [5.41, 5.74) is 7.19. The molecule has 2 saturated carbocycles. The van der Waals surface area contributed by atoms with E-state index in [0.717, 1.165) is 56.9 Å². The minimum Gasteiger partial charge on any atom is -0.330 e. The highest BCUT2D eigenvalue weighted by Gasteiger charge is 2.32. The fraction of sp³-hybridized carbons (Fsp3) is 0.650. The van der Waals surface area contributed by atoms with Crippen molar-refractivity contribution in [1.82, 2.24) is 0 Å². The van der Waals surface area contributed by atoms with Crippen LogP contribution in [0.3, 0.4) is 0 Å². The minimum atomic E-state index is -3.14. The van der Waals surface area contributed by atoms with E-state index in [-0.39, 0.29) is 28.7 Å². The Bertz CT molecular complexity index is 726. The Morgan fingerprint density at radius 2 is 1.85 bits per heavy atom. The zero-order valence-corrected chi connectivity index (χ0v) is 16.1. The Balaban J connectivity index is 1.65. The molecule has 0 bridgehead atoms. The molecule has 0 unspecified atom stereocenters. The summed E-state index contributed by atoms with van der Waals surface area (Å²) < 4.78 is 25.4. The minimum absolute atomic E-state index is 0.00485. The molecule has 2 fully saturated rings. The maximum absolute atomic E-state index is 12.7. The topological polar surface area (TPSA) is 89.3 Å². The van der Waals surface area contributed by atoms with Gasteiger partial charge in [0.2, 0.25) is 5.91 Å².